The topological polar surface area (TPSA) is 6.48 Å². The zero-order chi connectivity index (χ0) is 43.5. The number of hydrogen-bond acceptors (Lipinski definition) is 2. The molecule has 1 aliphatic carbocycles. The van der Waals surface area contributed by atoms with E-state index >= 15 is 0 Å². The van der Waals surface area contributed by atoms with E-state index in [1.807, 2.05) is 0 Å². The summed E-state index contributed by atoms with van der Waals surface area (Å²) < 4.78 is 0. The molecule has 0 aliphatic heterocycles. The van der Waals surface area contributed by atoms with Crippen LogP contribution >= 0.6 is 0 Å². The van der Waals surface area contributed by atoms with Crippen LogP contribution in [0.3, 0.4) is 0 Å². The van der Waals surface area contributed by atoms with Gasteiger partial charge in [0.05, 0.1) is 5.69 Å². The van der Waals surface area contributed by atoms with Gasteiger partial charge in [-0.25, -0.2) is 0 Å². The summed E-state index contributed by atoms with van der Waals surface area (Å²) in [7, 11) is 0. The number of rotatable bonds is 8. The van der Waals surface area contributed by atoms with E-state index in [2.05, 4.69) is 266 Å². The van der Waals surface area contributed by atoms with Crippen molar-refractivity contribution in [1.29, 1.82) is 0 Å². The molecule has 2 heteroatoms. The molecule has 0 aromatic heterocycles. The fourth-order valence-corrected chi connectivity index (χ4v) is 10.3. The average Bonchev–Trinajstić information content (AvgIpc) is 3.59. The van der Waals surface area contributed by atoms with E-state index in [4.69, 9.17) is 0 Å². The Balaban J connectivity index is 0.944. The summed E-state index contributed by atoms with van der Waals surface area (Å²) in [5.41, 5.74) is 16.6. The highest BCUT2D eigenvalue weighted by Gasteiger charge is 2.37. The molecule has 0 N–H and O–H groups in total. The quantitative estimate of drug-likeness (QED) is 0.141. The van der Waals surface area contributed by atoms with Gasteiger partial charge < -0.3 is 9.80 Å². The van der Waals surface area contributed by atoms with E-state index < -0.39 is 0 Å². The number of para-hydroxylation sites is 1. The molecule has 0 fully saturated rings. The zero-order valence-electron chi connectivity index (χ0n) is 36.5. The Kier molecular flexibility index (Phi) is 9.21. The maximum absolute atomic E-state index is 2.48. The Morgan fingerprint density at radius 1 is 0.277 bits per heavy atom. The van der Waals surface area contributed by atoms with Crippen molar-refractivity contribution in [3.63, 3.8) is 0 Å². The second-order valence-corrected chi connectivity index (χ2v) is 17.8. The Labute approximate surface area is 380 Å². The van der Waals surface area contributed by atoms with Crippen molar-refractivity contribution >= 4 is 66.4 Å². The molecule has 0 heterocycles. The van der Waals surface area contributed by atoms with Crippen LogP contribution in [0, 0.1) is 0 Å². The Bertz CT molecular complexity index is 3550. The Morgan fingerprint density at radius 2 is 0.708 bits per heavy atom. The van der Waals surface area contributed by atoms with Crippen molar-refractivity contribution in [3.05, 3.63) is 254 Å². The highest BCUT2D eigenvalue weighted by Crippen LogP contribution is 2.53. The van der Waals surface area contributed by atoms with Crippen molar-refractivity contribution in [3.8, 4) is 33.4 Å². The summed E-state index contributed by atoms with van der Waals surface area (Å²) in [6.45, 7) is 4.78. The zero-order valence-corrected chi connectivity index (χ0v) is 36.5. The summed E-state index contributed by atoms with van der Waals surface area (Å²) in [6.07, 6.45) is 0. The number of anilines is 6. The summed E-state index contributed by atoms with van der Waals surface area (Å²) in [6, 6.07) is 88.9. The molecule has 0 saturated heterocycles. The lowest BCUT2D eigenvalue weighted by atomic mass is 9.82. The maximum Gasteiger partial charge on any atom is 0.0546 e. The Hall–Kier alpha value is -8.20. The molecule has 0 amide bonds. The standard InChI is InChI=1S/C63H46N2/c1-63(2)60-41-53(64(50-20-7-4-8-21-50)51-32-29-47(30-33-51)46-27-25-45(26-28-46)43-15-5-3-6-16-43)35-37-57(60)58-38-36-54(42-61(58)63)65(52-34-31-44-17-9-10-18-48(44)39-52)62-40-49-19-11-12-22-55(49)56-23-13-14-24-59(56)62/h3-42H,1-2H3. The molecule has 12 rings (SSSR count). The molecule has 0 unspecified atom stereocenters. The van der Waals surface area contributed by atoms with E-state index in [0.29, 0.717) is 0 Å². The third kappa shape index (κ3) is 6.65. The average molecular weight is 831 g/mol. The van der Waals surface area contributed by atoms with Crippen molar-refractivity contribution < 1.29 is 0 Å². The van der Waals surface area contributed by atoms with Crippen LogP contribution in [0.25, 0.3) is 65.7 Å². The number of nitrogens with zero attached hydrogens (tertiary/aromatic N) is 2. The van der Waals surface area contributed by atoms with Crippen LogP contribution in [0.15, 0.2) is 243 Å². The molecule has 65 heavy (non-hydrogen) atoms. The number of fused-ring (bicyclic) bond motifs is 7. The molecule has 0 saturated carbocycles. The largest absolute Gasteiger partial charge is 0.310 e. The highest BCUT2D eigenvalue weighted by atomic mass is 15.1. The van der Waals surface area contributed by atoms with Crippen LogP contribution < -0.4 is 9.80 Å². The summed E-state index contributed by atoms with van der Waals surface area (Å²) in [5.74, 6) is 0. The first kappa shape index (κ1) is 38.5. The predicted molar refractivity (Wildman–Crippen MR) is 277 cm³/mol. The van der Waals surface area contributed by atoms with Gasteiger partial charge >= 0.3 is 0 Å². The van der Waals surface area contributed by atoms with Crippen molar-refractivity contribution in [2.75, 3.05) is 9.80 Å². The van der Waals surface area contributed by atoms with Gasteiger partial charge in [0.2, 0.25) is 0 Å². The summed E-state index contributed by atoms with van der Waals surface area (Å²) >= 11 is 0. The first-order valence-corrected chi connectivity index (χ1v) is 22.6. The van der Waals surface area contributed by atoms with Crippen LogP contribution in [0.4, 0.5) is 34.1 Å². The third-order valence-corrected chi connectivity index (χ3v) is 13.6. The van der Waals surface area contributed by atoms with Crippen LogP contribution in [0.5, 0.6) is 0 Å². The van der Waals surface area contributed by atoms with Crippen LogP contribution in [-0.4, -0.2) is 0 Å². The second kappa shape index (κ2) is 15.6. The van der Waals surface area contributed by atoms with Gasteiger partial charge in [0.25, 0.3) is 0 Å². The fourth-order valence-electron chi connectivity index (χ4n) is 10.3. The molecule has 2 nitrogen and oxygen atoms in total. The third-order valence-electron chi connectivity index (χ3n) is 13.6. The SMILES string of the molecule is CC1(C)c2cc(N(c3ccccc3)c3ccc(-c4ccc(-c5ccccc5)cc4)cc3)ccc2-c2ccc(N(c3ccc4ccccc4c3)c3cc4ccccc4c4ccccc34)cc21. The minimum absolute atomic E-state index is 0.269. The van der Waals surface area contributed by atoms with Gasteiger partial charge in [-0.2, -0.15) is 0 Å². The highest BCUT2D eigenvalue weighted by molar-refractivity contribution is 6.15. The van der Waals surface area contributed by atoms with Crippen LogP contribution in [0.1, 0.15) is 25.0 Å². The Morgan fingerprint density at radius 3 is 1.35 bits per heavy atom. The normalized spacial score (nSPS) is 12.6. The molecule has 0 radical (unpaired) electrons. The number of benzene rings is 11. The molecule has 1 aliphatic rings. The van der Waals surface area contributed by atoms with E-state index in [1.165, 1.54) is 82.5 Å². The molecule has 11 aromatic carbocycles. The van der Waals surface area contributed by atoms with Crippen molar-refractivity contribution in [2.45, 2.75) is 19.3 Å². The summed E-state index contributed by atoms with van der Waals surface area (Å²) in [5, 5.41) is 7.42. The van der Waals surface area contributed by atoms with E-state index in [1.54, 1.807) is 0 Å². The maximum atomic E-state index is 2.48. The van der Waals surface area contributed by atoms with E-state index in [-0.39, 0.29) is 5.41 Å². The minimum atomic E-state index is -0.269. The van der Waals surface area contributed by atoms with Gasteiger partial charge in [0, 0.05) is 39.2 Å². The molecule has 0 bridgehead atoms. The van der Waals surface area contributed by atoms with Gasteiger partial charge in [-0.15, -0.1) is 0 Å². The lowest BCUT2D eigenvalue weighted by Crippen LogP contribution is -2.17. The minimum Gasteiger partial charge on any atom is -0.310 e. The molecule has 308 valence electrons. The molecule has 0 atom stereocenters. The molecule has 11 aromatic rings. The smallest absolute Gasteiger partial charge is 0.0546 e. The lowest BCUT2D eigenvalue weighted by Gasteiger charge is -2.30. The van der Waals surface area contributed by atoms with Crippen LogP contribution in [0.2, 0.25) is 0 Å². The first-order valence-electron chi connectivity index (χ1n) is 22.6. The van der Waals surface area contributed by atoms with E-state index in [0.717, 1.165) is 28.4 Å². The van der Waals surface area contributed by atoms with E-state index in [9.17, 15) is 0 Å². The summed E-state index contributed by atoms with van der Waals surface area (Å²) in [4.78, 5) is 4.86. The van der Waals surface area contributed by atoms with Gasteiger partial charge in [-0.05, 0) is 138 Å². The second-order valence-electron chi connectivity index (χ2n) is 17.8. The monoisotopic (exact) mass is 830 g/mol. The van der Waals surface area contributed by atoms with Crippen LogP contribution in [-0.2, 0) is 5.41 Å². The van der Waals surface area contributed by atoms with Gasteiger partial charge in [-0.3, -0.25) is 0 Å². The van der Waals surface area contributed by atoms with Crippen molar-refractivity contribution in [1.82, 2.24) is 0 Å². The first-order chi connectivity index (χ1) is 32.0. The molecule has 0 spiro atoms. The fraction of sp³-hybridized carbons (Fsp3) is 0.0476. The lowest BCUT2D eigenvalue weighted by molar-refractivity contribution is 0.660. The molecular formula is C63H46N2. The van der Waals surface area contributed by atoms with Gasteiger partial charge in [0.1, 0.15) is 0 Å². The van der Waals surface area contributed by atoms with Gasteiger partial charge in [0.15, 0.2) is 0 Å². The number of hydrogen-bond donors (Lipinski definition) is 0. The molecular weight excluding hydrogens is 785 g/mol. The van der Waals surface area contributed by atoms with Crippen molar-refractivity contribution in [2.24, 2.45) is 0 Å². The predicted octanol–water partition coefficient (Wildman–Crippen LogP) is 17.7. The van der Waals surface area contributed by atoms with Gasteiger partial charge in [-0.1, -0.05) is 190 Å².